The average molecular weight is 236 g/mol. The molecule has 0 bridgehead atoms. The molecule has 0 amide bonds. The molecule has 7 heteroatoms. The Bertz CT molecular complexity index is 367. The van der Waals surface area contributed by atoms with Crippen molar-refractivity contribution in [1.29, 1.82) is 0 Å². The summed E-state index contributed by atoms with van der Waals surface area (Å²) < 4.78 is 39.8. The summed E-state index contributed by atoms with van der Waals surface area (Å²) in [5, 5.41) is 0. The Labute approximate surface area is 89.1 Å². The molecule has 1 aromatic rings. The Kier molecular flexibility index (Phi) is 3.46. The Morgan fingerprint density at radius 3 is 2.67 bits per heavy atom. The molecule has 0 aliphatic carbocycles. The SMILES string of the molecule is NC(=S)c1cccc(OCC(F)(F)F)n1. The molecule has 1 aromatic heterocycles. The van der Waals surface area contributed by atoms with Gasteiger partial charge in [0.2, 0.25) is 5.88 Å². The molecule has 0 saturated carbocycles. The monoisotopic (exact) mass is 236 g/mol. The molecule has 15 heavy (non-hydrogen) atoms. The van der Waals surface area contributed by atoms with Gasteiger partial charge in [0.25, 0.3) is 0 Å². The first-order valence-corrected chi connectivity index (χ1v) is 4.26. The summed E-state index contributed by atoms with van der Waals surface area (Å²) in [6.45, 7) is -1.39. The number of pyridine rings is 1. The van der Waals surface area contributed by atoms with E-state index in [2.05, 4.69) is 21.9 Å². The van der Waals surface area contributed by atoms with Gasteiger partial charge in [0.05, 0.1) is 0 Å². The average Bonchev–Trinajstić information content (AvgIpc) is 2.14. The zero-order valence-corrected chi connectivity index (χ0v) is 8.23. The highest BCUT2D eigenvalue weighted by Gasteiger charge is 2.28. The second-order valence-corrected chi connectivity index (χ2v) is 3.07. The Balaban J connectivity index is 2.70. The van der Waals surface area contributed by atoms with E-state index in [9.17, 15) is 13.2 Å². The third kappa shape index (κ3) is 4.11. The van der Waals surface area contributed by atoms with Gasteiger partial charge >= 0.3 is 6.18 Å². The maximum Gasteiger partial charge on any atom is 0.422 e. The Morgan fingerprint density at radius 1 is 1.47 bits per heavy atom. The first kappa shape index (κ1) is 11.7. The number of hydrogen-bond acceptors (Lipinski definition) is 3. The maximum absolute atomic E-state index is 11.8. The van der Waals surface area contributed by atoms with E-state index >= 15 is 0 Å². The van der Waals surface area contributed by atoms with Crippen molar-refractivity contribution < 1.29 is 17.9 Å². The van der Waals surface area contributed by atoms with E-state index in [-0.39, 0.29) is 16.6 Å². The summed E-state index contributed by atoms with van der Waals surface area (Å²) >= 11 is 4.62. The first-order chi connectivity index (χ1) is 6.88. The van der Waals surface area contributed by atoms with Crippen molar-refractivity contribution in [2.75, 3.05) is 6.61 Å². The predicted molar refractivity (Wildman–Crippen MR) is 51.7 cm³/mol. The number of halogens is 3. The molecule has 1 rings (SSSR count). The minimum absolute atomic E-state index is 0.00691. The van der Waals surface area contributed by atoms with Crippen molar-refractivity contribution in [2.24, 2.45) is 5.73 Å². The number of aromatic nitrogens is 1. The first-order valence-electron chi connectivity index (χ1n) is 3.85. The van der Waals surface area contributed by atoms with Gasteiger partial charge in [0, 0.05) is 6.07 Å². The minimum atomic E-state index is -4.39. The van der Waals surface area contributed by atoms with Crippen molar-refractivity contribution in [2.45, 2.75) is 6.18 Å². The fourth-order valence-electron chi connectivity index (χ4n) is 0.788. The lowest BCUT2D eigenvalue weighted by Crippen LogP contribution is -2.20. The fraction of sp³-hybridized carbons (Fsp3) is 0.250. The van der Waals surface area contributed by atoms with Gasteiger partial charge in [-0.15, -0.1) is 0 Å². The largest absolute Gasteiger partial charge is 0.468 e. The molecule has 0 atom stereocenters. The van der Waals surface area contributed by atoms with Crippen LogP contribution in [0.25, 0.3) is 0 Å². The zero-order valence-electron chi connectivity index (χ0n) is 7.41. The molecular weight excluding hydrogens is 229 g/mol. The number of rotatable bonds is 3. The van der Waals surface area contributed by atoms with Crippen molar-refractivity contribution in [3.05, 3.63) is 23.9 Å². The molecule has 0 fully saturated rings. The van der Waals surface area contributed by atoms with Gasteiger partial charge in [-0.3, -0.25) is 0 Å². The van der Waals surface area contributed by atoms with Gasteiger partial charge in [-0.2, -0.15) is 13.2 Å². The number of alkyl halides is 3. The quantitative estimate of drug-likeness (QED) is 0.811. The number of ether oxygens (including phenoxy) is 1. The van der Waals surface area contributed by atoms with Crippen molar-refractivity contribution in [1.82, 2.24) is 4.98 Å². The lowest BCUT2D eigenvalue weighted by atomic mass is 10.3. The van der Waals surface area contributed by atoms with Crippen molar-refractivity contribution in [3.8, 4) is 5.88 Å². The number of nitrogens with two attached hydrogens (primary N) is 1. The molecule has 0 aliphatic heterocycles. The number of nitrogens with zero attached hydrogens (tertiary/aromatic N) is 1. The molecule has 0 radical (unpaired) electrons. The van der Waals surface area contributed by atoms with Crippen LogP contribution < -0.4 is 10.5 Å². The minimum Gasteiger partial charge on any atom is -0.468 e. The van der Waals surface area contributed by atoms with Gasteiger partial charge in [-0.1, -0.05) is 18.3 Å². The van der Waals surface area contributed by atoms with Gasteiger partial charge in [0.1, 0.15) is 10.7 Å². The molecule has 0 unspecified atom stereocenters. The highest BCUT2D eigenvalue weighted by atomic mass is 32.1. The second-order valence-electron chi connectivity index (χ2n) is 2.63. The Morgan fingerprint density at radius 2 is 2.13 bits per heavy atom. The van der Waals surface area contributed by atoms with Crippen molar-refractivity contribution >= 4 is 17.2 Å². The van der Waals surface area contributed by atoms with Crippen LogP contribution in [0.1, 0.15) is 5.69 Å². The van der Waals surface area contributed by atoms with E-state index in [4.69, 9.17) is 5.73 Å². The van der Waals surface area contributed by atoms with Crippen LogP contribution in [-0.2, 0) is 0 Å². The third-order valence-corrected chi connectivity index (χ3v) is 1.57. The predicted octanol–water partition coefficient (Wildman–Crippen LogP) is 1.66. The Hall–Kier alpha value is -1.37. The highest BCUT2D eigenvalue weighted by molar-refractivity contribution is 7.80. The van der Waals surface area contributed by atoms with Crippen LogP contribution in [0.2, 0.25) is 0 Å². The molecule has 1 heterocycles. The maximum atomic E-state index is 11.8. The standard InChI is InChI=1S/C8H7F3N2OS/c9-8(10,11)4-14-6-3-1-2-5(13-6)7(12)15/h1-3H,4H2,(H2,12,15). The summed E-state index contributed by atoms with van der Waals surface area (Å²) in [6.07, 6.45) is -4.39. The van der Waals surface area contributed by atoms with Gasteiger partial charge in [-0.05, 0) is 6.07 Å². The molecule has 0 aromatic carbocycles. The number of hydrogen-bond donors (Lipinski definition) is 1. The highest BCUT2D eigenvalue weighted by Crippen LogP contribution is 2.16. The number of thiocarbonyl (C=S) groups is 1. The van der Waals surface area contributed by atoms with Crippen LogP contribution in [-0.4, -0.2) is 22.8 Å². The van der Waals surface area contributed by atoms with Gasteiger partial charge < -0.3 is 10.5 Å². The topological polar surface area (TPSA) is 48.1 Å². The van der Waals surface area contributed by atoms with Crippen LogP contribution in [0.4, 0.5) is 13.2 Å². The molecule has 2 N–H and O–H groups in total. The molecule has 0 saturated heterocycles. The molecule has 82 valence electrons. The smallest absolute Gasteiger partial charge is 0.422 e. The fourth-order valence-corrected chi connectivity index (χ4v) is 0.902. The summed E-state index contributed by atoms with van der Waals surface area (Å²) in [5.41, 5.74) is 5.48. The second kappa shape index (κ2) is 4.43. The van der Waals surface area contributed by atoms with Crippen LogP contribution >= 0.6 is 12.2 Å². The normalized spacial score (nSPS) is 11.1. The van der Waals surface area contributed by atoms with Crippen LogP contribution in [0.3, 0.4) is 0 Å². The molecule has 0 spiro atoms. The molecule has 3 nitrogen and oxygen atoms in total. The van der Waals surface area contributed by atoms with Gasteiger partial charge in [0.15, 0.2) is 6.61 Å². The summed E-state index contributed by atoms with van der Waals surface area (Å²) in [6, 6.07) is 4.25. The molecular formula is C8H7F3N2OS. The zero-order chi connectivity index (χ0) is 11.5. The third-order valence-electron chi connectivity index (χ3n) is 1.36. The molecule has 0 aliphatic rings. The van der Waals surface area contributed by atoms with E-state index in [0.29, 0.717) is 0 Å². The van der Waals surface area contributed by atoms with Crippen LogP contribution in [0.5, 0.6) is 5.88 Å². The van der Waals surface area contributed by atoms with Crippen LogP contribution in [0, 0.1) is 0 Å². The van der Waals surface area contributed by atoms with E-state index in [1.54, 1.807) is 0 Å². The van der Waals surface area contributed by atoms with E-state index in [1.165, 1.54) is 18.2 Å². The van der Waals surface area contributed by atoms with E-state index < -0.39 is 12.8 Å². The summed E-state index contributed by atoms with van der Waals surface area (Å²) in [7, 11) is 0. The van der Waals surface area contributed by atoms with E-state index in [0.717, 1.165) is 0 Å². The van der Waals surface area contributed by atoms with Gasteiger partial charge in [-0.25, -0.2) is 4.98 Å². The summed E-state index contributed by atoms with van der Waals surface area (Å²) in [4.78, 5) is 3.69. The van der Waals surface area contributed by atoms with Crippen LogP contribution in [0.15, 0.2) is 18.2 Å². The summed E-state index contributed by atoms with van der Waals surface area (Å²) in [5.74, 6) is -0.155. The van der Waals surface area contributed by atoms with Crippen molar-refractivity contribution in [3.63, 3.8) is 0 Å². The lowest BCUT2D eigenvalue weighted by Gasteiger charge is -2.08. The lowest BCUT2D eigenvalue weighted by molar-refractivity contribution is -0.154. The van der Waals surface area contributed by atoms with E-state index in [1.807, 2.05) is 0 Å².